The standard InChI is InChI=1S/C26H36N4O2/c1-21(20-28-15-17-29(18-16-28)23-11-8-12-24(19-23)32-2)30(25-13-6-7-14-27-25)26(31)22-9-4-3-5-10-22/h6-8,11-14,19,21-22H,3-5,9-10,15-18,20H2,1-2H3/t21-/m0/s1. The minimum atomic E-state index is 0.0858. The van der Waals surface area contributed by atoms with Gasteiger partial charge in [-0.05, 0) is 44.0 Å². The molecule has 1 saturated heterocycles. The Kier molecular flexibility index (Phi) is 7.63. The molecule has 32 heavy (non-hydrogen) atoms. The first-order chi connectivity index (χ1) is 15.7. The van der Waals surface area contributed by atoms with Crippen LogP contribution in [0.3, 0.4) is 0 Å². The minimum Gasteiger partial charge on any atom is -0.497 e. The van der Waals surface area contributed by atoms with E-state index in [0.29, 0.717) is 0 Å². The summed E-state index contributed by atoms with van der Waals surface area (Å²) in [4.78, 5) is 24.9. The number of hydrogen-bond acceptors (Lipinski definition) is 5. The zero-order chi connectivity index (χ0) is 22.3. The maximum absolute atomic E-state index is 13.5. The number of carbonyl (C=O) groups is 1. The first-order valence-corrected chi connectivity index (χ1v) is 12.0. The number of hydrogen-bond donors (Lipinski definition) is 0. The quantitative estimate of drug-likeness (QED) is 0.651. The lowest BCUT2D eigenvalue weighted by atomic mass is 9.88. The number of ether oxygens (including phenoxy) is 1. The predicted octanol–water partition coefficient (Wildman–Crippen LogP) is 4.21. The van der Waals surface area contributed by atoms with Gasteiger partial charge in [0.25, 0.3) is 0 Å². The van der Waals surface area contributed by atoms with Gasteiger partial charge in [-0.3, -0.25) is 14.6 Å². The van der Waals surface area contributed by atoms with Crippen LogP contribution in [0.15, 0.2) is 48.7 Å². The number of pyridine rings is 1. The highest BCUT2D eigenvalue weighted by atomic mass is 16.5. The molecule has 0 N–H and O–H groups in total. The van der Waals surface area contributed by atoms with E-state index in [-0.39, 0.29) is 17.9 Å². The van der Waals surface area contributed by atoms with Crippen molar-refractivity contribution in [3.8, 4) is 5.75 Å². The van der Waals surface area contributed by atoms with E-state index in [1.54, 1.807) is 13.3 Å². The molecular formula is C26H36N4O2. The summed E-state index contributed by atoms with van der Waals surface area (Å²) in [5.41, 5.74) is 1.21. The topological polar surface area (TPSA) is 48.9 Å². The van der Waals surface area contributed by atoms with Crippen LogP contribution in [0.4, 0.5) is 11.5 Å². The molecule has 2 fully saturated rings. The minimum absolute atomic E-state index is 0.0858. The fraction of sp³-hybridized carbons (Fsp3) is 0.538. The molecule has 1 aliphatic carbocycles. The molecule has 6 heteroatoms. The van der Waals surface area contributed by atoms with Crippen molar-refractivity contribution < 1.29 is 9.53 Å². The number of piperazine rings is 1. The highest BCUT2D eigenvalue weighted by molar-refractivity contribution is 5.94. The normalized spacial score (nSPS) is 18.9. The van der Waals surface area contributed by atoms with Crippen LogP contribution in [0.1, 0.15) is 39.0 Å². The molecule has 2 heterocycles. The summed E-state index contributed by atoms with van der Waals surface area (Å²) in [6, 6.07) is 14.2. The third kappa shape index (κ3) is 5.41. The summed E-state index contributed by atoms with van der Waals surface area (Å²) in [7, 11) is 1.71. The highest BCUT2D eigenvalue weighted by Crippen LogP contribution is 2.28. The summed E-state index contributed by atoms with van der Waals surface area (Å²) in [6.07, 6.45) is 7.37. The number of benzene rings is 1. The third-order valence-electron chi connectivity index (χ3n) is 6.84. The van der Waals surface area contributed by atoms with Crippen LogP contribution in [0, 0.1) is 5.92 Å². The number of nitrogens with zero attached hydrogens (tertiary/aromatic N) is 4. The van der Waals surface area contributed by atoms with Crippen LogP contribution in [-0.4, -0.2) is 61.7 Å². The third-order valence-corrected chi connectivity index (χ3v) is 6.84. The lowest BCUT2D eigenvalue weighted by Gasteiger charge is -2.40. The maximum Gasteiger partial charge on any atom is 0.231 e. The summed E-state index contributed by atoms with van der Waals surface area (Å²) < 4.78 is 5.38. The average molecular weight is 437 g/mol. The molecule has 0 spiro atoms. The van der Waals surface area contributed by atoms with Crippen molar-refractivity contribution in [3.63, 3.8) is 0 Å². The van der Waals surface area contributed by atoms with Crippen LogP contribution in [0.5, 0.6) is 5.75 Å². The second-order valence-electron chi connectivity index (χ2n) is 9.07. The van der Waals surface area contributed by atoms with E-state index in [2.05, 4.69) is 33.8 Å². The van der Waals surface area contributed by atoms with Gasteiger partial charge >= 0.3 is 0 Å². The first kappa shape index (κ1) is 22.6. The zero-order valence-electron chi connectivity index (χ0n) is 19.4. The van der Waals surface area contributed by atoms with Crippen LogP contribution in [0.25, 0.3) is 0 Å². The number of anilines is 2. The average Bonchev–Trinajstić information content (AvgIpc) is 2.86. The molecule has 1 aromatic carbocycles. The van der Waals surface area contributed by atoms with Gasteiger partial charge in [-0.1, -0.05) is 31.4 Å². The van der Waals surface area contributed by atoms with E-state index in [1.807, 2.05) is 35.2 Å². The van der Waals surface area contributed by atoms with E-state index in [9.17, 15) is 4.79 Å². The van der Waals surface area contributed by atoms with Gasteiger partial charge in [-0.15, -0.1) is 0 Å². The first-order valence-electron chi connectivity index (χ1n) is 12.0. The van der Waals surface area contributed by atoms with E-state index < -0.39 is 0 Å². The molecule has 172 valence electrons. The predicted molar refractivity (Wildman–Crippen MR) is 129 cm³/mol. The second kappa shape index (κ2) is 10.8. The Balaban J connectivity index is 1.40. The molecule has 6 nitrogen and oxygen atoms in total. The largest absolute Gasteiger partial charge is 0.497 e. The van der Waals surface area contributed by atoms with Crippen molar-refractivity contribution >= 4 is 17.4 Å². The van der Waals surface area contributed by atoms with E-state index in [1.165, 1.54) is 12.1 Å². The molecule has 1 amide bonds. The van der Waals surface area contributed by atoms with Crippen LogP contribution in [0.2, 0.25) is 0 Å². The van der Waals surface area contributed by atoms with E-state index >= 15 is 0 Å². The second-order valence-corrected chi connectivity index (χ2v) is 9.07. The summed E-state index contributed by atoms with van der Waals surface area (Å²) in [6.45, 7) is 6.94. The molecule has 1 atom stereocenters. The number of carbonyl (C=O) groups excluding carboxylic acids is 1. The molecular weight excluding hydrogens is 400 g/mol. The molecule has 0 bridgehead atoms. The van der Waals surface area contributed by atoms with Crippen molar-refractivity contribution in [2.75, 3.05) is 49.6 Å². The summed E-state index contributed by atoms with van der Waals surface area (Å²) in [5, 5.41) is 0. The molecule has 2 aliphatic rings. The van der Waals surface area contributed by atoms with Gasteiger partial charge < -0.3 is 9.64 Å². The van der Waals surface area contributed by atoms with Crippen molar-refractivity contribution in [2.24, 2.45) is 5.92 Å². The lowest BCUT2D eigenvalue weighted by molar-refractivity contribution is -0.123. The smallest absolute Gasteiger partial charge is 0.231 e. The summed E-state index contributed by atoms with van der Waals surface area (Å²) >= 11 is 0. The number of aromatic nitrogens is 1. The fourth-order valence-corrected chi connectivity index (χ4v) is 5.05. The molecule has 1 aromatic heterocycles. The Morgan fingerprint density at radius 1 is 1.09 bits per heavy atom. The maximum atomic E-state index is 13.5. The van der Waals surface area contributed by atoms with Crippen LogP contribution >= 0.6 is 0 Å². The molecule has 0 unspecified atom stereocenters. The van der Waals surface area contributed by atoms with Gasteiger partial charge in [0.05, 0.1) is 7.11 Å². The molecule has 1 saturated carbocycles. The number of amides is 1. The highest BCUT2D eigenvalue weighted by Gasteiger charge is 2.32. The van der Waals surface area contributed by atoms with Gasteiger partial charge in [-0.2, -0.15) is 0 Å². The zero-order valence-corrected chi connectivity index (χ0v) is 19.4. The van der Waals surface area contributed by atoms with Crippen molar-refractivity contribution in [1.82, 2.24) is 9.88 Å². The van der Waals surface area contributed by atoms with Crippen molar-refractivity contribution in [2.45, 2.75) is 45.1 Å². The Morgan fingerprint density at radius 3 is 2.56 bits per heavy atom. The molecule has 2 aromatic rings. The number of rotatable bonds is 7. The Hall–Kier alpha value is -2.60. The van der Waals surface area contributed by atoms with Gasteiger partial charge in [0, 0.05) is 62.6 Å². The van der Waals surface area contributed by atoms with Crippen molar-refractivity contribution in [1.29, 1.82) is 0 Å². The Labute approximate surface area is 192 Å². The molecule has 0 radical (unpaired) electrons. The van der Waals surface area contributed by atoms with E-state index in [4.69, 9.17) is 4.74 Å². The Morgan fingerprint density at radius 2 is 1.88 bits per heavy atom. The Bertz CT molecular complexity index is 861. The SMILES string of the molecule is COc1cccc(N2CCN(C[C@H](C)N(C(=O)C3CCCCC3)c3ccccn3)CC2)c1. The lowest BCUT2D eigenvalue weighted by Crippen LogP contribution is -2.53. The molecule has 4 rings (SSSR count). The van der Waals surface area contributed by atoms with Gasteiger partial charge in [0.2, 0.25) is 5.91 Å². The van der Waals surface area contributed by atoms with Crippen LogP contribution < -0.4 is 14.5 Å². The monoisotopic (exact) mass is 436 g/mol. The van der Waals surface area contributed by atoms with Gasteiger partial charge in [-0.25, -0.2) is 4.98 Å². The van der Waals surface area contributed by atoms with Crippen LogP contribution in [-0.2, 0) is 4.79 Å². The van der Waals surface area contributed by atoms with Gasteiger partial charge in [0.15, 0.2) is 0 Å². The number of methoxy groups -OCH3 is 1. The van der Waals surface area contributed by atoms with E-state index in [0.717, 1.165) is 70.0 Å². The van der Waals surface area contributed by atoms with Gasteiger partial charge in [0.1, 0.15) is 11.6 Å². The fourth-order valence-electron chi connectivity index (χ4n) is 5.05. The van der Waals surface area contributed by atoms with Crippen molar-refractivity contribution in [3.05, 3.63) is 48.7 Å². The molecule has 1 aliphatic heterocycles. The summed E-state index contributed by atoms with van der Waals surface area (Å²) in [5.74, 6) is 2.07.